The molecule has 1 aromatic heterocycles. The number of hydrogen-bond acceptors (Lipinski definition) is 4. The number of carbonyl (C=O) groups excluding carboxylic acids is 1. The normalized spacial score (nSPS) is 11.9. The Balaban J connectivity index is 1.49. The van der Waals surface area contributed by atoms with Crippen molar-refractivity contribution in [3.63, 3.8) is 0 Å². The first-order valence-corrected chi connectivity index (χ1v) is 9.50. The van der Waals surface area contributed by atoms with E-state index in [9.17, 15) is 9.90 Å². The number of phenols is 1. The topological polar surface area (TPSA) is 79.5 Å². The maximum atomic E-state index is 12.4. The second-order valence-corrected chi connectivity index (χ2v) is 6.96. The van der Waals surface area contributed by atoms with Gasteiger partial charge >= 0.3 is 0 Å². The summed E-state index contributed by atoms with van der Waals surface area (Å²) in [5.41, 5.74) is 5.72. The number of fused-ring (bicyclic) bond motifs is 2. The zero-order valence-electron chi connectivity index (χ0n) is 16.4. The number of phenolic OH excluding ortho intramolecular Hbond substituents is 1. The molecule has 1 amide bonds. The summed E-state index contributed by atoms with van der Waals surface area (Å²) in [6, 6.07) is 19.1. The molecule has 0 aliphatic heterocycles. The van der Waals surface area contributed by atoms with Gasteiger partial charge in [-0.25, -0.2) is 10.4 Å². The summed E-state index contributed by atoms with van der Waals surface area (Å²) in [4.78, 5) is 16.9. The van der Waals surface area contributed by atoms with Gasteiger partial charge in [-0.3, -0.25) is 4.79 Å². The Morgan fingerprint density at radius 1 is 1.10 bits per heavy atom. The third-order valence-electron chi connectivity index (χ3n) is 5.03. The van der Waals surface area contributed by atoms with Crippen molar-refractivity contribution >= 4 is 33.4 Å². The van der Waals surface area contributed by atoms with E-state index in [1.54, 1.807) is 13.0 Å². The quantitative estimate of drug-likeness (QED) is 0.400. The lowest BCUT2D eigenvalue weighted by molar-refractivity contribution is -0.121. The van der Waals surface area contributed by atoms with Crippen LogP contribution in [0, 0.1) is 6.92 Å². The van der Waals surface area contributed by atoms with E-state index in [0.29, 0.717) is 17.8 Å². The number of nitrogens with zero attached hydrogens (tertiary/aromatic N) is 3. The van der Waals surface area contributed by atoms with Crippen molar-refractivity contribution in [3.8, 4) is 5.75 Å². The molecule has 4 rings (SSSR count). The summed E-state index contributed by atoms with van der Waals surface area (Å²) in [6.45, 7) is 4.23. The highest BCUT2D eigenvalue weighted by atomic mass is 16.3. The van der Waals surface area contributed by atoms with Gasteiger partial charge in [0.15, 0.2) is 0 Å². The van der Waals surface area contributed by atoms with Gasteiger partial charge < -0.3 is 9.67 Å². The summed E-state index contributed by atoms with van der Waals surface area (Å²) in [5.74, 6) is 0.820. The van der Waals surface area contributed by atoms with Crippen LogP contribution in [0.15, 0.2) is 65.8 Å². The number of hydrazone groups is 1. The van der Waals surface area contributed by atoms with Gasteiger partial charge in [-0.2, -0.15) is 5.10 Å². The molecule has 0 aliphatic carbocycles. The van der Waals surface area contributed by atoms with E-state index in [4.69, 9.17) is 0 Å². The van der Waals surface area contributed by atoms with Gasteiger partial charge in [0.25, 0.3) is 0 Å². The first-order chi connectivity index (χ1) is 14.0. The van der Waals surface area contributed by atoms with E-state index in [1.807, 2.05) is 66.1 Å². The number of imidazole rings is 1. The van der Waals surface area contributed by atoms with E-state index in [0.717, 1.165) is 27.6 Å². The molecular weight excluding hydrogens is 364 g/mol. The fraction of sp³-hybridized carbons (Fsp3) is 0.174. The lowest BCUT2D eigenvalue weighted by Crippen LogP contribution is -2.21. The predicted octanol–water partition coefficient (Wildman–Crippen LogP) is 4.13. The van der Waals surface area contributed by atoms with Crippen molar-refractivity contribution in [3.05, 3.63) is 72.1 Å². The number of amides is 1. The van der Waals surface area contributed by atoms with Gasteiger partial charge in [-0.05, 0) is 42.8 Å². The van der Waals surface area contributed by atoms with Crippen molar-refractivity contribution < 1.29 is 9.90 Å². The Hall–Kier alpha value is -3.67. The molecule has 0 fully saturated rings. The molecule has 1 heterocycles. The fourth-order valence-corrected chi connectivity index (χ4v) is 3.59. The minimum atomic E-state index is -0.193. The summed E-state index contributed by atoms with van der Waals surface area (Å²) in [7, 11) is 0. The molecule has 0 unspecified atom stereocenters. The van der Waals surface area contributed by atoms with Crippen LogP contribution in [0.4, 0.5) is 0 Å². The Bertz CT molecular complexity index is 1240. The number of aromatic nitrogens is 2. The van der Waals surface area contributed by atoms with Gasteiger partial charge in [0, 0.05) is 18.5 Å². The molecule has 3 aromatic carbocycles. The van der Waals surface area contributed by atoms with Crippen molar-refractivity contribution in [2.75, 3.05) is 0 Å². The maximum Gasteiger partial charge on any atom is 0.241 e. The van der Waals surface area contributed by atoms with Crippen molar-refractivity contribution in [2.24, 2.45) is 5.10 Å². The highest BCUT2D eigenvalue weighted by Crippen LogP contribution is 2.27. The standard InChI is InChI=1S/C23H22N4O2/c1-15(23-18-8-4-3-7-17(18)11-12-21(23)28)25-26-22(29)13-14-27-16(2)24-19-9-5-6-10-20(19)27/h3-12,28H,13-14H2,1-2H3,(H,26,29)/b25-15+. The van der Waals surface area contributed by atoms with Crippen LogP contribution in [0.1, 0.15) is 24.7 Å². The first kappa shape index (κ1) is 18.7. The van der Waals surface area contributed by atoms with Gasteiger partial charge in [0.1, 0.15) is 11.6 Å². The average Bonchev–Trinajstić information content (AvgIpc) is 3.05. The zero-order valence-corrected chi connectivity index (χ0v) is 16.4. The molecule has 0 aliphatic rings. The van der Waals surface area contributed by atoms with Crippen molar-refractivity contribution in [1.29, 1.82) is 0 Å². The summed E-state index contributed by atoms with van der Waals surface area (Å²) >= 11 is 0. The van der Waals surface area contributed by atoms with Crippen LogP contribution in [0.3, 0.4) is 0 Å². The van der Waals surface area contributed by atoms with E-state index in [2.05, 4.69) is 15.5 Å². The molecule has 6 nitrogen and oxygen atoms in total. The van der Waals surface area contributed by atoms with Gasteiger partial charge in [-0.1, -0.05) is 42.5 Å². The number of rotatable bonds is 5. The number of nitrogens with one attached hydrogen (secondary N) is 1. The number of para-hydroxylation sites is 2. The summed E-state index contributed by atoms with van der Waals surface area (Å²) in [6.07, 6.45) is 0.277. The SMILES string of the molecule is C/C(=N\NC(=O)CCn1c(C)nc2ccccc21)c1c(O)ccc2ccccc12. The minimum absolute atomic E-state index is 0.139. The first-order valence-electron chi connectivity index (χ1n) is 9.50. The molecule has 0 bridgehead atoms. The number of aryl methyl sites for hydroxylation is 2. The second kappa shape index (κ2) is 7.75. The lowest BCUT2D eigenvalue weighted by atomic mass is 10.0. The fourth-order valence-electron chi connectivity index (χ4n) is 3.59. The summed E-state index contributed by atoms with van der Waals surface area (Å²) < 4.78 is 2.03. The van der Waals surface area contributed by atoms with E-state index >= 15 is 0 Å². The van der Waals surface area contributed by atoms with Crippen LogP contribution in [-0.2, 0) is 11.3 Å². The Labute approximate surface area is 168 Å². The Morgan fingerprint density at radius 3 is 2.72 bits per heavy atom. The Kier molecular flexibility index (Phi) is 4.99. The minimum Gasteiger partial charge on any atom is -0.507 e. The van der Waals surface area contributed by atoms with Crippen LogP contribution in [0.5, 0.6) is 5.75 Å². The average molecular weight is 386 g/mol. The molecule has 0 saturated heterocycles. The lowest BCUT2D eigenvalue weighted by Gasteiger charge is -2.10. The van der Waals surface area contributed by atoms with Crippen LogP contribution in [-0.4, -0.2) is 26.3 Å². The second-order valence-electron chi connectivity index (χ2n) is 6.96. The molecule has 2 N–H and O–H groups in total. The van der Waals surface area contributed by atoms with Gasteiger partial charge in [-0.15, -0.1) is 0 Å². The number of hydrogen-bond donors (Lipinski definition) is 2. The molecule has 146 valence electrons. The molecule has 0 saturated carbocycles. The molecule has 0 spiro atoms. The number of carbonyl (C=O) groups is 1. The number of aromatic hydroxyl groups is 1. The highest BCUT2D eigenvalue weighted by molar-refractivity contribution is 6.12. The van der Waals surface area contributed by atoms with E-state index < -0.39 is 0 Å². The van der Waals surface area contributed by atoms with Crippen LogP contribution in [0.2, 0.25) is 0 Å². The maximum absolute atomic E-state index is 12.4. The van der Waals surface area contributed by atoms with Crippen molar-refractivity contribution in [1.82, 2.24) is 15.0 Å². The van der Waals surface area contributed by atoms with E-state index in [1.165, 1.54) is 0 Å². The zero-order chi connectivity index (χ0) is 20.4. The van der Waals surface area contributed by atoms with Crippen LogP contribution >= 0.6 is 0 Å². The third kappa shape index (κ3) is 3.69. The molecular formula is C23H22N4O2. The smallest absolute Gasteiger partial charge is 0.241 e. The largest absolute Gasteiger partial charge is 0.507 e. The van der Waals surface area contributed by atoms with Crippen molar-refractivity contribution in [2.45, 2.75) is 26.8 Å². The molecule has 4 aromatic rings. The summed E-state index contributed by atoms with van der Waals surface area (Å²) in [5, 5.41) is 16.4. The van der Waals surface area contributed by atoms with Gasteiger partial charge in [0.05, 0.1) is 16.7 Å². The third-order valence-corrected chi connectivity index (χ3v) is 5.03. The van der Waals surface area contributed by atoms with E-state index in [-0.39, 0.29) is 18.1 Å². The predicted molar refractivity (Wildman–Crippen MR) is 115 cm³/mol. The van der Waals surface area contributed by atoms with Crippen LogP contribution in [0.25, 0.3) is 21.8 Å². The molecule has 0 atom stereocenters. The molecule has 29 heavy (non-hydrogen) atoms. The monoisotopic (exact) mass is 386 g/mol. The molecule has 6 heteroatoms. The Morgan fingerprint density at radius 2 is 1.86 bits per heavy atom. The van der Waals surface area contributed by atoms with Crippen LogP contribution < -0.4 is 5.43 Å². The highest BCUT2D eigenvalue weighted by Gasteiger charge is 2.11. The number of benzene rings is 3. The van der Waals surface area contributed by atoms with Gasteiger partial charge in [0.2, 0.25) is 5.91 Å². The molecule has 0 radical (unpaired) electrons.